The summed E-state index contributed by atoms with van der Waals surface area (Å²) in [7, 11) is 1.56. The number of carbonyl (C=O) groups excluding carboxylic acids is 2. The number of hydrogen-bond acceptors (Lipinski definition) is 5. The van der Waals surface area contributed by atoms with Gasteiger partial charge in [-0.15, -0.1) is 0 Å². The molecule has 0 aliphatic rings. The topological polar surface area (TPSA) is 76.7 Å². The molecule has 2 aromatic rings. The smallest absolute Gasteiger partial charge is 0.345 e. The maximum atomic E-state index is 12.5. The van der Waals surface area contributed by atoms with Crippen molar-refractivity contribution in [2.45, 2.75) is 6.92 Å². The average molecular weight is 340 g/mol. The van der Waals surface area contributed by atoms with E-state index in [4.69, 9.17) is 9.47 Å². The van der Waals surface area contributed by atoms with Crippen LogP contribution in [0.2, 0.25) is 0 Å². The Morgan fingerprint density at radius 3 is 2.28 bits per heavy atom. The number of carbonyl (C=O) groups is 2. The summed E-state index contributed by atoms with van der Waals surface area (Å²) in [5, 5.41) is 5.59. The lowest BCUT2D eigenvalue weighted by Crippen LogP contribution is -2.23. The minimum Gasteiger partial charge on any atom is -0.497 e. The van der Waals surface area contributed by atoms with Crippen molar-refractivity contribution in [3.05, 3.63) is 66.4 Å². The van der Waals surface area contributed by atoms with Crippen LogP contribution < -0.4 is 15.4 Å². The molecule has 2 N–H and O–H groups in total. The van der Waals surface area contributed by atoms with Gasteiger partial charge >= 0.3 is 5.97 Å². The zero-order valence-corrected chi connectivity index (χ0v) is 14.1. The second kappa shape index (κ2) is 9.12. The van der Waals surface area contributed by atoms with Crippen LogP contribution in [-0.2, 0) is 14.3 Å². The fraction of sp³-hybridized carbons (Fsp3) is 0.158. The Kier molecular flexibility index (Phi) is 6.59. The number of esters is 1. The molecule has 0 saturated carbocycles. The average Bonchev–Trinajstić information content (AvgIpc) is 2.63. The van der Waals surface area contributed by atoms with E-state index < -0.39 is 11.9 Å². The first-order valence-corrected chi connectivity index (χ1v) is 7.78. The van der Waals surface area contributed by atoms with E-state index in [1.54, 1.807) is 38.3 Å². The zero-order valence-electron chi connectivity index (χ0n) is 14.1. The molecule has 2 rings (SSSR count). The minimum absolute atomic E-state index is 0.124. The molecule has 0 aliphatic carbocycles. The van der Waals surface area contributed by atoms with Gasteiger partial charge < -0.3 is 20.1 Å². The number of benzene rings is 2. The van der Waals surface area contributed by atoms with Crippen LogP contribution in [-0.4, -0.2) is 25.6 Å². The van der Waals surface area contributed by atoms with Gasteiger partial charge in [0, 0.05) is 17.6 Å². The summed E-state index contributed by atoms with van der Waals surface area (Å²) in [5.41, 5.74) is 1.17. The number of rotatable bonds is 7. The summed E-state index contributed by atoms with van der Waals surface area (Å²) in [6, 6.07) is 16.0. The Bertz CT molecular complexity index is 740. The van der Waals surface area contributed by atoms with Crippen molar-refractivity contribution in [1.82, 2.24) is 0 Å². The summed E-state index contributed by atoms with van der Waals surface area (Å²) >= 11 is 0. The molecule has 0 radical (unpaired) electrons. The SMILES string of the molecule is CCOC(=O)/C(=C/Nc1ccccc1)C(=O)Nc1ccc(OC)cc1. The number of para-hydroxylation sites is 1. The molecule has 6 nitrogen and oxygen atoms in total. The number of nitrogens with one attached hydrogen (secondary N) is 2. The van der Waals surface area contributed by atoms with Gasteiger partial charge in [0.15, 0.2) is 0 Å². The molecule has 25 heavy (non-hydrogen) atoms. The van der Waals surface area contributed by atoms with Crippen molar-refractivity contribution >= 4 is 23.3 Å². The molecule has 0 aromatic heterocycles. The molecule has 0 aliphatic heterocycles. The highest BCUT2D eigenvalue weighted by molar-refractivity contribution is 6.21. The van der Waals surface area contributed by atoms with Crippen molar-refractivity contribution in [3.8, 4) is 5.75 Å². The summed E-state index contributed by atoms with van der Waals surface area (Å²) in [6.07, 6.45) is 1.34. The van der Waals surface area contributed by atoms with E-state index in [1.807, 2.05) is 30.3 Å². The summed E-state index contributed by atoms with van der Waals surface area (Å²) in [4.78, 5) is 24.5. The lowest BCUT2D eigenvalue weighted by molar-refractivity contribution is -0.139. The Hall–Kier alpha value is -3.28. The predicted molar refractivity (Wildman–Crippen MR) is 96.4 cm³/mol. The number of hydrogen-bond donors (Lipinski definition) is 2. The van der Waals surface area contributed by atoms with E-state index >= 15 is 0 Å². The quantitative estimate of drug-likeness (QED) is 0.350. The third-order valence-corrected chi connectivity index (χ3v) is 3.24. The molecule has 0 saturated heterocycles. The number of anilines is 2. The first-order valence-electron chi connectivity index (χ1n) is 7.78. The number of amides is 1. The lowest BCUT2D eigenvalue weighted by Gasteiger charge is -2.10. The molecule has 0 spiro atoms. The highest BCUT2D eigenvalue weighted by Crippen LogP contribution is 2.16. The van der Waals surface area contributed by atoms with E-state index in [2.05, 4.69) is 10.6 Å². The van der Waals surface area contributed by atoms with Crippen LogP contribution in [0.25, 0.3) is 0 Å². The number of methoxy groups -OCH3 is 1. The molecule has 2 aromatic carbocycles. The second-order valence-electron chi connectivity index (χ2n) is 4.97. The Morgan fingerprint density at radius 2 is 1.68 bits per heavy atom. The largest absolute Gasteiger partial charge is 0.497 e. The van der Waals surface area contributed by atoms with E-state index in [9.17, 15) is 9.59 Å². The maximum absolute atomic E-state index is 12.5. The van der Waals surface area contributed by atoms with Gasteiger partial charge in [0.2, 0.25) is 0 Å². The molecule has 0 bridgehead atoms. The van der Waals surface area contributed by atoms with Gasteiger partial charge in [0.05, 0.1) is 13.7 Å². The van der Waals surface area contributed by atoms with Crippen LogP contribution in [0.5, 0.6) is 5.75 Å². The maximum Gasteiger partial charge on any atom is 0.345 e. The third-order valence-electron chi connectivity index (χ3n) is 3.24. The monoisotopic (exact) mass is 340 g/mol. The molecular formula is C19H20N2O4. The van der Waals surface area contributed by atoms with Crippen molar-refractivity contribution in [2.24, 2.45) is 0 Å². The summed E-state index contributed by atoms with van der Waals surface area (Å²) < 4.78 is 10.0. The molecular weight excluding hydrogens is 320 g/mol. The predicted octanol–water partition coefficient (Wildman–Crippen LogP) is 3.19. The second-order valence-corrected chi connectivity index (χ2v) is 4.97. The van der Waals surface area contributed by atoms with Gasteiger partial charge in [0.25, 0.3) is 5.91 Å². The van der Waals surface area contributed by atoms with E-state index in [1.165, 1.54) is 6.20 Å². The van der Waals surface area contributed by atoms with E-state index in [-0.39, 0.29) is 12.2 Å². The molecule has 0 heterocycles. The van der Waals surface area contributed by atoms with Gasteiger partial charge in [-0.1, -0.05) is 18.2 Å². The van der Waals surface area contributed by atoms with E-state index in [0.717, 1.165) is 5.69 Å². The van der Waals surface area contributed by atoms with Gasteiger partial charge in [-0.3, -0.25) is 4.79 Å². The first-order chi connectivity index (χ1) is 12.1. The van der Waals surface area contributed by atoms with Crippen molar-refractivity contribution < 1.29 is 19.1 Å². The highest BCUT2D eigenvalue weighted by atomic mass is 16.5. The fourth-order valence-electron chi connectivity index (χ4n) is 1.99. The zero-order chi connectivity index (χ0) is 18.1. The summed E-state index contributed by atoms with van der Waals surface area (Å²) in [6.45, 7) is 1.86. The van der Waals surface area contributed by atoms with Crippen molar-refractivity contribution in [3.63, 3.8) is 0 Å². The molecule has 0 fully saturated rings. The van der Waals surface area contributed by atoms with Crippen molar-refractivity contribution in [2.75, 3.05) is 24.4 Å². The van der Waals surface area contributed by atoms with Crippen LogP contribution in [0.15, 0.2) is 66.4 Å². The molecule has 130 valence electrons. The Morgan fingerprint density at radius 1 is 1.00 bits per heavy atom. The molecule has 0 atom stereocenters. The summed E-state index contributed by atoms with van der Waals surface area (Å²) in [5.74, 6) is -0.589. The normalized spacial score (nSPS) is 10.7. The number of ether oxygens (including phenoxy) is 2. The Balaban J connectivity index is 2.15. The minimum atomic E-state index is -0.697. The lowest BCUT2D eigenvalue weighted by atomic mass is 10.2. The van der Waals surface area contributed by atoms with Gasteiger partial charge in [-0.05, 0) is 43.3 Å². The first kappa shape index (κ1) is 18.1. The third kappa shape index (κ3) is 5.39. The molecule has 6 heteroatoms. The van der Waals surface area contributed by atoms with Crippen LogP contribution in [0.4, 0.5) is 11.4 Å². The van der Waals surface area contributed by atoms with Gasteiger partial charge in [0.1, 0.15) is 11.3 Å². The van der Waals surface area contributed by atoms with Gasteiger partial charge in [-0.25, -0.2) is 4.79 Å². The highest BCUT2D eigenvalue weighted by Gasteiger charge is 2.20. The van der Waals surface area contributed by atoms with Crippen LogP contribution in [0, 0.1) is 0 Å². The van der Waals surface area contributed by atoms with Gasteiger partial charge in [-0.2, -0.15) is 0 Å². The van der Waals surface area contributed by atoms with Crippen molar-refractivity contribution in [1.29, 1.82) is 0 Å². The standard InChI is InChI=1S/C19H20N2O4/c1-3-25-19(23)17(13-20-14-7-5-4-6-8-14)18(22)21-15-9-11-16(24-2)12-10-15/h4-13,20H,3H2,1-2H3,(H,21,22)/b17-13+. The van der Waals surface area contributed by atoms with Crippen LogP contribution in [0.3, 0.4) is 0 Å². The molecule has 1 amide bonds. The van der Waals surface area contributed by atoms with E-state index in [0.29, 0.717) is 11.4 Å². The Labute approximate surface area is 146 Å². The van der Waals surface area contributed by atoms with Crippen LogP contribution in [0.1, 0.15) is 6.92 Å². The van der Waals surface area contributed by atoms with Crippen LogP contribution >= 0.6 is 0 Å². The fourth-order valence-corrected chi connectivity index (χ4v) is 1.99. The molecule has 0 unspecified atom stereocenters.